The lowest BCUT2D eigenvalue weighted by Crippen LogP contribution is -2.23. The monoisotopic (exact) mass is 504 g/mol. The molecule has 0 bridgehead atoms. The van der Waals surface area contributed by atoms with Crippen LogP contribution < -0.4 is 19.5 Å². The Morgan fingerprint density at radius 2 is 1.53 bits per heavy atom. The second-order valence-electron chi connectivity index (χ2n) is 7.50. The summed E-state index contributed by atoms with van der Waals surface area (Å²) in [6.07, 6.45) is 0. The van der Waals surface area contributed by atoms with Crippen LogP contribution in [0.25, 0.3) is 22.4 Å². The van der Waals surface area contributed by atoms with Gasteiger partial charge in [-0.1, -0.05) is 42.5 Å². The highest BCUT2D eigenvalue weighted by Gasteiger charge is 2.13. The fourth-order valence-electron chi connectivity index (χ4n) is 3.32. The molecule has 1 amide bonds. The Morgan fingerprint density at radius 1 is 0.833 bits per heavy atom. The summed E-state index contributed by atoms with van der Waals surface area (Å²) in [5.41, 5.74) is 3.61. The number of esters is 1. The van der Waals surface area contributed by atoms with Crippen molar-refractivity contribution < 1.29 is 28.5 Å². The number of carbonyl (C=O) groups is 2. The van der Waals surface area contributed by atoms with Gasteiger partial charge in [0, 0.05) is 10.9 Å². The van der Waals surface area contributed by atoms with Gasteiger partial charge < -0.3 is 18.9 Å². The molecule has 1 aromatic heterocycles. The highest BCUT2D eigenvalue weighted by molar-refractivity contribution is 7.14. The van der Waals surface area contributed by atoms with Gasteiger partial charge in [-0.2, -0.15) is 0 Å². The predicted octanol–water partition coefficient (Wildman–Crippen LogP) is 5.06. The summed E-state index contributed by atoms with van der Waals surface area (Å²) < 4.78 is 21.0. The van der Waals surface area contributed by atoms with Crippen molar-refractivity contribution in [2.45, 2.75) is 0 Å². The minimum atomic E-state index is -0.651. The largest absolute Gasteiger partial charge is 0.493 e. The second-order valence-corrected chi connectivity index (χ2v) is 8.35. The summed E-state index contributed by atoms with van der Waals surface area (Å²) in [6, 6.07) is 22.7. The molecule has 0 atom stereocenters. The number of methoxy groups -OCH3 is 2. The maximum atomic E-state index is 12.2. The van der Waals surface area contributed by atoms with E-state index in [2.05, 4.69) is 10.3 Å². The number of nitrogens with one attached hydrogen (secondary N) is 1. The Bertz CT molecular complexity index is 1320. The first-order chi connectivity index (χ1) is 17.6. The zero-order valence-electron chi connectivity index (χ0n) is 19.7. The molecule has 1 heterocycles. The number of carbonyl (C=O) groups excluding carboxylic acids is 2. The molecule has 0 unspecified atom stereocenters. The lowest BCUT2D eigenvalue weighted by molar-refractivity contribution is -0.149. The third-order valence-electron chi connectivity index (χ3n) is 5.11. The molecule has 8 nitrogen and oxygen atoms in total. The van der Waals surface area contributed by atoms with Crippen LogP contribution in [-0.2, 0) is 14.3 Å². The Kier molecular flexibility index (Phi) is 8.15. The topological polar surface area (TPSA) is 96.0 Å². The van der Waals surface area contributed by atoms with Gasteiger partial charge in [-0.25, -0.2) is 9.78 Å². The number of hydrogen-bond acceptors (Lipinski definition) is 8. The van der Waals surface area contributed by atoms with Crippen molar-refractivity contribution in [2.24, 2.45) is 0 Å². The van der Waals surface area contributed by atoms with Gasteiger partial charge in [-0.15, -0.1) is 11.3 Å². The van der Waals surface area contributed by atoms with Crippen LogP contribution in [-0.4, -0.2) is 44.3 Å². The molecule has 9 heteroatoms. The maximum absolute atomic E-state index is 12.2. The Balaban J connectivity index is 1.23. The lowest BCUT2D eigenvalue weighted by Gasteiger charge is -2.08. The van der Waals surface area contributed by atoms with E-state index in [1.165, 1.54) is 11.3 Å². The van der Waals surface area contributed by atoms with Crippen LogP contribution in [0, 0.1) is 0 Å². The first-order valence-corrected chi connectivity index (χ1v) is 11.9. The minimum Gasteiger partial charge on any atom is -0.493 e. The molecule has 184 valence electrons. The quantitative estimate of drug-likeness (QED) is 0.302. The molecular formula is C27H24N2O6S. The van der Waals surface area contributed by atoms with Crippen molar-refractivity contribution in [1.82, 2.24) is 4.98 Å². The number of nitrogens with zero attached hydrogens (tertiary/aromatic N) is 1. The Morgan fingerprint density at radius 3 is 2.25 bits per heavy atom. The third kappa shape index (κ3) is 6.39. The van der Waals surface area contributed by atoms with Crippen LogP contribution >= 0.6 is 11.3 Å². The molecule has 0 saturated carbocycles. The number of rotatable bonds is 10. The summed E-state index contributed by atoms with van der Waals surface area (Å²) in [6.45, 7) is -0.751. The van der Waals surface area contributed by atoms with E-state index in [0.29, 0.717) is 28.1 Å². The molecule has 0 saturated heterocycles. The molecule has 0 aliphatic rings. The predicted molar refractivity (Wildman–Crippen MR) is 138 cm³/mol. The Hall–Kier alpha value is -4.37. The first kappa shape index (κ1) is 24.7. The molecule has 0 radical (unpaired) electrons. The van der Waals surface area contributed by atoms with Gasteiger partial charge in [0.15, 0.2) is 29.8 Å². The standard InChI is InChI=1S/C27H24N2O6S/c1-32-23-13-10-20(14-24(23)33-2)22-17-36-27(28-22)29-25(30)15-35-26(31)16-34-21-11-8-19(9-12-21)18-6-4-3-5-7-18/h3-14,17H,15-16H2,1-2H3,(H,28,29,30). The summed E-state index contributed by atoms with van der Waals surface area (Å²) in [7, 11) is 3.12. The van der Waals surface area contributed by atoms with Crippen molar-refractivity contribution >= 4 is 28.3 Å². The fraction of sp³-hybridized carbons (Fsp3) is 0.148. The summed E-state index contributed by atoms with van der Waals surface area (Å²) in [5, 5.41) is 4.82. The summed E-state index contributed by atoms with van der Waals surface area (Å²) in [4.78, 5) is 28.6. The zero-order valence-corrected chi connectivity index (χ0v) is 20.5. The number of aromatic nitrogens is 1. The van der Waals surface area contributed by atoms with E-state index < -0.39 is 18.5 Å². The molecule has 4 aromatic rings. The zero-order chi connectivity index (χ0) is 25.3. The van der Waals surface area contributed by atoms with Crippen molar-refractivity contribution in [3.63, 3.8) is 0 Å². The molecule has 0 fully saturated rings. The molecule has 0 spiro atoms. The number of amides is 1. The van der Waals surface area contributed by atoms with Crippen LogP contribution in [0.5, 0.6) is 17.2 Å². The molecule has 0 aliphatic carbocycles. The molecule has 36 heavy (non-hydrogen) atoms. The van der Waals surface area contributed by atoms with Crippen LogP contribution in [0.1, 0.15) is 0 Å². The number of benzene rings is 3. The van der Waals surface area contributed by atoms with Gasteiger partial charge in [0.05, 0.1) is 19.9 Å². The number of anilines is 1. The van der Waals surface area contributed by atoms with Crippen LogP contribution in [0.15, 0.2) is 78.2 Å². The van der Waals surface area contributed by atoms with Gasteiger partial charge in [0.25, 0.3) is 5.91 Å². The molecule has 3 aromatic carbocycles. The maximum Gasteiger partial charge on any atom is 0.344 e. The van der Waals surface area contributed by atoms with Crippen LogP contribution in [0.3, 0.4) is 0 Å². The number of thiazole rings is 1. The number of hydrogen-bond donors (Lipinski definition) is 1. The minimum absolute atomic E-state index is 0.307. The third-order valence-corrected chi connectivity index (χ3v) is 5.87. The SMILES string of the molecule is COc1ccc(-c2csc(NC(=O)COC(=O)COc3ccc(-c4ccccc4)cc3)n2)cc1OC. The Labute approximate surface area is 212 Å². The van der Waals surface area contributed by atoms with Crippen molar-refractivity contribution in [3.05, 3.63) is 78.2 Å². The van der Waals surface area contributed by atoms with Gasteiger partial charge in [0.1, 0.15) is 5.75 Å². The highest BCUT2D eigenvalue weighted by Crippen LogP contribution is 2.33. The first-order valence-electron chi connectivity index (χ1n) is 11.0. The van der Waals surface area contributed by atoms with Crippen molar-refractivity contribution in [1.29, 1.82) is 0 Å². The normalized spacial score (nSPS) is 10.4. The van der Waals surface area contributed by atoms with E-state index in [1.54, 1.807) is 43.9 Å². The van der Waals surface area contributed by atoms with Crippen molar-refractivity contribution in [3.8, 4) is 39.6 Å². The van der Waals surface area contributed by atoms with E-state index in [1.807, 2.05) is 48.5 Å². The lowest BCUT2D eigenvalue weighted by atomic mass is 10.1. The smallest absolute Gasteiger partial charge is 0.344 e. The van der Waals surface area contributed by atoms with E-state index in [9.17, 15) is 9.59 Å². The average Bonchev–Trinajstić information content (AvgIpc) is 3.39. The summed E-state index contributed by atoms with van der Waals surface area (Å²) in [5.74, 6) is 0.572. The average molecular weight is 505 g/mol. The van der Waals surface area contributed by atoms with E-state index in [4.69, 9.17) is 18.9 Å². The second kappa shape index (κ2) is 11.9. The van der Waals surface area contributed by atoms with E-state index in [-0.39, 0.29) is 6.61 Å². The van der Waals surface area contributed by atoms with Gasteiger partial charge in [-0.05, 0) is 41.5 Å². The van der Waals surface area contributed by atoms with Gasteiger partial charge in [-0.3, -0.25) is 10.1 Å². The van der Waals surface area contributed by atoms with E-state index in [0.717, 1.165) is 16.7 Å². The van der Waals surface area contributed by atoms with E-state index >= 15 is 0 Å². The molecule has 0 aliphatic heterocycles. The van der Waals surface area contributed by atoms with Crippen LogP contribution in [0.2, 0.25) is 0 Å². The molecule has 4 rings (SSSR count). The molecular weight excluding hydrogens is 480 g/mol. The molecule has 1 N–H and O–H groups in total. The van der Waals surface area contributed by atoms with Gasteiger partial charge >= 0.3 is 5.97 Å². The van der Waals surface area contributed by atoms with Crippen molar-refractivity contribution in [2.75, 3.05) is 32.8 Å². The number of ether oxygens (including phenoxy) is 4. The van der Waals surface area contributed by atoms with Crippen LogP contribution in [0.4, 0.5) is 5.13 Å². The highest BCUT2D eigenvalue weighted by atomic mass is 32.1. The fourth-order valence-corrected chi connectivity index (χ4v) is 4.05. The van der Waals surface area contributed by atoms with Gasteiger partial charge in [0.2, 0.25) is 0 Å². The summed E-state index contributed by atoms with van der Waals surface area (Å²) >= 11 is 1.26.